The van der Waals surface area contributed by atoms with Crippen LogP contribution < -0.4 is 10.1 Å². The fourth-order valence-corrected chi connectivity index (χ4v) is 3.80. The van der Waals surface area contributed by atoms with E-state index in [1.54, 1.807) is 4.90 Å². The van der Waals surface area contributed by atoms with Crippen molar-refractivity contribution in [2.75, 3.05) is 19.6 Å². The number of benzene rings is 1. The van der Waals surface area contributed by atoms with E-state index >= 15 is 0 Å². The Kier molecular flexibility index (Phi) is 7.02. The van der Waals surface area contributed by atoms with Crippen LogP contribution in [-0.2, 0) is 12.6 Å². The van der Waals surface area contributed by atoms with Crippen LogP contribution in [0, 0.1) is 13.8 Å². The number of aryl methyl sites for hydroxylation is 3. The van der Waals surface area contributed by atoms with Crippen molar-refractivity contribution in [3.05, 3.63) is 47.5 Å². The monoisotopic (exact) mass is 454 g/mol. The van der Waals surface area contributed by atoms with Crippen molar-refractivity contribution in [1.29, 1.82) is 0 Å². The molecular weight excluding hydrogens is 425 g/mol. The summed E-state index contributed by atoms with van der Waals surface area (Å²) in [5.41, 5.74) is -1.00. The van der Waals surface area contributed by atoms with Crippen molar-refractivity contribution in [1.82, 2.24) is 19.8 Å². The fraction of sp³-hybridized carbons (Fsp3) is 0.545. The normalized spacial score (nSPS) is 17.2. The number of amides is 2. The number of nitrogens with zero attached hydrogens (tertiary/aromatic N) is 3. The van der Waals surface area contributed by atoms with E-state index < -0.39 is 30.1 Å². The summed E-state index contributed by atoms with van der Waals surface area (Å²) in [4.78, 5) is 17.6. The number of carbonyl (C=O) groups excluding carboxylic acids is 1. The molecule has 1 fully saturated rings. The summed E-state index contributed by atoms with van der Waals surface area (Å²) in [7, 11) is 1.38. The Balaban J connectivity index is 1.51. The molecule has 0 aliphatic carbocycles. The van der Waals surface area contributed by atoms with Gasteiger partial charge in [0.25, 0.3) is 0 Å². The van der Waals surface area contributed by atoms with Crippen molar-refractivity contribution < 1.29 is 27.8 Å². The molecule has 3 rings (SSSR count). The van der Waals surface area contributed by atoms with Gasteiger partial charge in [0.2, 0.25) is 5.60 Å². The summed E-state index contributed by atoms with van der Waals surface area (Å²) in [6.07, 6.45) is -1.93. The van der Waals surface area contributed by atoms with Crippen LogP contribution in [0.3, 0.4) is 0 Å². The van der Waals surface area contributed by atoms with Crippen LogP contribution in [0.4, 0.5) is 18.0 Å². The van der Waals surface area contributed by atoms with E-state index in [0.29, 0.717) is 25.9 Å². The Morgan fingerprint density at radius 1 is 1.28 bits per heavy atom. The van der Waals surface area contributed by atoms with Crippen molar-refractivity contribution in [2.45, 2.75) is 51.0 Å². The van der Waals surface area contributed by atoms with Crippen LogP contribution in [0.15, 0.2) is 30.6 Å². The predicted octanol–water partition coefficient (Wildman–Crippen LogP) is 3.43. The quantitative estimate of drug-likeness (QED) is 0.701. The summed E-state index contributed by atoms with van der Waals surface area (Å²) in [6, 6.07) is 5.54. The molecule has 2 amide bonds. The third kappa shape index (κ3) is 5.17. The van der Waals surface area contributed by atoms with Crippen molar-refractivity contribution in [3.63, 3.8) is 0 Å². The molecule has 1 aliphatic heterocycles. The van der Waals surface area contributed by atoms with E-state index in [4.69, 9.17) is 4.74 Å². The highest BCUT2D eigenvalue weighted by Crippen LogP contribution is 2.40. The number of carbonyl (C=O) groups is 1. The number of aliphatic hydroxyl groups is 1. The average Bonchev–Trinajstić information content (AvgIpc) is 3.16. The van der Waals surface area contributed by atoms with Gasteiger partial charge in [-0.3, -0.25) is 0 Å². The molecule has 1 atom stereocenters. The zero-order valence-corrected chi connectivity index (χ0v) is 18.4. The minimum Gasteiger partial charge on any atom is -0.490 e. The first-order chi connectivity index (χ1) is 15.0. The number of alkyl halides is 3. The first-order valence-corrected chi connectivity index (χ1v) is 10.5. The molecule has 176 valence electrons. The molecule has 2 heterocycles. The van der Waals surface area contributed by atoms with Crippen molar-refractivity contribution in [3.8, 4) is 5.75 Å². The molecule has 32 heavy (non-hydrogen) atoms. The topological polar surface area (TPSA) is 79.6 Å². The van der Waals surface area contributed by atoms with E-state index in [9.17, 15) is 23.1 Å². The van der Waals surface area contributed by atoms with Crippen molar-refractivity contribution >= 4 is 6.03 Å². The van der Waals surface area contributed by atoms with Crippen LogP contribution in [0.25, 0.3) is 0 Å². The number of hydrogen-bond donors (Lipinski definition) is 2. The Morgan fingerprint density at radius 3 is 2.56 bits per heavy atom. The number of rotatable bonds is 6. The predicted molar refractivity (Wildman–Crippen MR) is 112 cm³/mol. The molecule has 1 aromatic heterocycles. The molecule has 1 saturated heterocycles. The van der Waals surface area contributed by atoms with Gasteiger partial charge < -0.3 is 24.6 Å². The molecule has 1 unspecified atom stereocenters. The van der Waals surface area contributed by atoms with Crippen LogP contribution in [-0.4, -0.2) is 57.5 Å². The number of halogens is 3. The van der Waals surface area contributed by atoms with Crippen LogP contribution in [0.1, 0.15) is 36.2 Å². The van der Waals surface area contributed by atoms with E-state index in [1.807, 2.05) is 32.0 Å². The lowest BCUT2D eigenvalue weighted by Gasteiger charge is -2.33. The second-order valence-corrected chi connectivity index (χ2v) is 8.27. The number of likely N-dealkylation sites (tertiary alicyclic amines) is 1. The lowest BCUT2D eigenvalue weighted by Crippen LogP contribution is -2.49. The lowest BCUT2D eigenvalue weighted by molar-refractivity contribution is -0.272. The molecule has 0 spiro atoms. The third-order valence-corrected chi connectivity index (χ3v) is 5.79. The Morgan fingerprint density at radius 2 is 1.97 bits per heavy atom. The number of aromatic nitrogens is 2. The van der Waals surface area contributed by atoms with Gasteiger partial charge in [0.1, 0.15) is 17.7 Å². The molecule has 2 N–H and O–H groups in total. The Bertz CT molecular complexity index is 939. The highest BCUT2D eigenvalue weighted by molar-refractivity contribution is 5.74. The van der Waals surface area contributed by atoms with Gasteiger partial charge in [-0.1, -0.05) is 12.1 Å². The molecule has 1 aromatic carbocycles. The maximum absolute atomic E-state index is 13.6. The number of imidazole rings is 1. The number of urea groups is 1. The van der Waals surface area contributed by atoms with Crippen LogP contribution in [0.2, 0.25) is 0 Å². The number of hydrogen-bond acceptors (Lipinski definition) is 4. The first-order valence-electron chi connectivity index (χ1n) is 10.5. The second-order valence-electron chi connectivity index (χ2n) is 8.27. The minimum atomic E-state index is -4.93. The lowest BCUT2D eigenvalue weighted by atomic mass is 9.97. The van der Waals surface area contributed by atoms with Crippen LogP contribution in [0.5, 0.6) is 5.75 Å². The van der Waals surface area contributed by atoms with Gasteiger partial charge in [-0.25, -0.2) is 9.78 Å². The SMILES string of the molecule is Cc1ccc(C)c(OC2CCN(C(=O)NCCC(O)(c3nccn3C)C(F)(F)F)CC2)c1. The van der Waals surface area contributed by atoms with Crippen LogP contribution >= 0.6 is 0 Å². The largest absolute Gasteiger partial charge is 0.490 e. The standard InChI is InChI=1S/C22H29F3N4O3/c1-15-4-5-16(2)18(14-15)32-17-6-11-29(12-7-17)20(30)27-9-8-21(31,22(23,24)25)19-26-10-13-28(19)3/h4-5,10,13-14,17,31H,6-9,11-12H2,1-3H3,(H,27,30). The molecule has 0 radical (unpaired) electrons. The smallest absolute Gasteiger partial charge is 0.424 e. The summed E-state index contributed by atoms with van der Waals surface area (Å²) in [5, 5.41) is 12.8. The van der Waals surface area contributed by atoms with E-state index in [2.05, 4.69) is 10.3 Å². The molecule has 0 bridgehead atoms. The maximum Gasteiger partial charge on any atom is 0.424 e. The number of piperidine rings is 1. The molecule has 1 aliphatic rings. The molecule has 0 saturated carbocycles. The zero-order valence-electron chi connectivity index (χ0n) is 18.4. The second kappa shape index (κ2) is 9.40. The Hall–Kier alpha value is -2.75. The van der Waals surface area contributed by atoms with Gasteiger partial charge >= 0.3 is 12.2 Å². The molecule has 7 nitrogen and oxygen atoms in total. The van der Waals surface area contributed by atoms with Gasteiger partial charge in [0.15, 0.2) is 0 Å². The van der Waals surface area contributed by atoms with E-state index in [0.717, 1.165) is 21.4 Å². The molecular formula is C22H29F3N4O3. The van der Waals surface area contributed by atoms with Gasteiger partial charge in [0, 0.05) is 58.3 Å². The highest BCUT2D eigenvalue weighted by Gasteiger charge is 2.57. The van der Waals surface area contributed by atoms with E-state index in [-0.39, 0.29) is 12.6 Å². The molecule has 2 aromatic rings. The maximum atomic E-state index is 13.6. The summed E-state index contributed by atoms with van der Waals surface area (Å²) in [6.45, 7) is 4.49. The average molecular weight is 454 g/mol. The Labute approximate surface area is 185 Å². The zero-order chi connectivity index (χ0) is 23.5. The van der Waals surface area contributed by atoms with Gasteiger partial charge in [0.05, 0.1) is 0 Å². The minimum absolute atomic E-state index is 0.0294. The van der Waals surface area contributed by atoms with Gasteiger partial charge in [-0.2, -0.15) is 13.2 Å². The number of ether oxygens (including phenoxy) is 1. The summed E-state index contributed by atoms with van der Waals surface area (Å²) < 4.78 is 47.9. The number of nitrogens with one attached hydrogen (secondary N) is 1. The third-order valence-electron chi connectivity index (χ3n) is 5.79. The molecule has 10 heteroatoms. The van der Waals surface area contributed by atoms with Crippen molar-refractivity contribution in [2.24, 2.45) is 7.05 Å². The van der Waals surface area contributed by atoms with Gasteiger partial charge in [-0.15, -0.1) is 0 Å². The fourth-order valence-electron chi connectivity index (χ4n) is 3.80. The summed E-state index contributed by atoms with van der Waals surface area (Å²) in [5.74, 6) is 0.317. The van der Waals surface area contributed by atoms with E-state index in [1.165, 1.54) is 19.4 Å². The summed E-state index contributed by atoms with van der Waals surface area (Å²) >= 11 is 0. The van der Waals surface area contributed by atoms with Gasteiger partial charge in [-0.05, 0) is 31.0 Å². The highest BCUT2D eigenvalue weighted by atomic mass is 19.4. The first kappa shape index (κ1) is 23.9.